The molecule has 0 aliphatic carbocycles. The Bertz CT molecular complexity index is 172. The fraction of sp³-hybridized carbons (Fsp3) is 1.00. The van der Waals surface area contributed by atoms with Crippen LogP contribution < -0.4 is 5.73 Å². The Morgan fingerprint density at radius 1 is 0.882 bits per heavy atom. The van der Waals surface area contributed by atoms with E-state index in [0.717, 1.165) is 30.2 Å². The average molecular weight is 241 g/mol. The molecule has 0 unspecified atom stereocenters. The van der Waals surface area contributed by atoms with Gasteiger partial charge < -0.3 is 5.73 Å². The van der Waals surface area contributed by atoms with Crippen LogP contribution in [0.2, 0.25) is 0 Å². The molecule has 0 radical (unpaired) electrons. The summed E-state index contributed by atoms with van der Waals surface area (Å²) in [6.07, 6.45) is 5.35. The van der Waals surface area contributed by atoms with E-state index in [-0.39, 0.29) is 0 Å². The summed E-state index contributed by atoms with van der Waals surface area (Å²) < 4.78 is 0. The first kappa shape index (κ1) is 17.0. The number of hydrogen-bond donors (Lipinski definition) is 1. The lowest BCUT2D eigenvalue weighted by atomic mass is 9.78. The van der Waals surface area contributed by atoms with E-state index in [2.05, 4.69) is 41.5 Å². The second-order valence-corrected chi connectivity index (χ2v) is 6.36. The van der Waals surface area contributed by atoms with Gasteiger partial charge in [0.25, 0.3) is 0 Å². The van der Waals surface area contributed by atoms with Gasteiger partial charge in [0, 0.05) is 0 Å². The molecule has 2 N–H and O–H groups in total. The maximum Gasteiger partial charge on any atom is -0.00461 e. The normalized spacial score (nSPS) is 17.5. The van der Waals surface area contributed by atoms with E-state index in [1.54, 1.807) is 0 Å². The third kappa shape index (κ3) is 6.45. The van der Waals surface area contributed by atoms with Crippen molar-refractivity contribution in [3.05, 3.63) is 0 Å². The first-order valence-electron chi connectivity index (χ1n) is 7.66. The summed E-state index contributed by atoms with van der Waals surface area (Å²) in [4.78, 5) is 0. The molecule has 1 nitrogen and oxygen atoms in total. The fourth-order valence-corrected chi connectivity index (χ4v) is 2.87. The highest BCUT2D eigenvalue weighted by atomic mass is 14.6. The Balaban J connectivity index is 4.18. The Morgan fingerprint density at radius 2 is 1.41 bits per heavy atom. The summed E-state index contributed by atoms with van der Waals surface area (Å²) in [6.45, 7) is 14.9. The average Bonchev–Trinajstić information content (AvgIpc) is 2.31. The van der Waals surface area contributed by atoms with Crippen LogP contribution in [0.25, 0.3) is 0 Å². The molecule has 0 aromatic carbocycles. The summed E-state index contributed by atoms with van der Waals surface area (Å²) in [5, 5.41) is 0. The molecule has 17 heavy (non-hydrogen) atoms. The minimum Gasteiger partial charge on any atom is -0.330 e. The highest BCUT2D eigenvalue weighted by Gasteiger charge is 2.22. The third-order valence-corrected chi connectivity index (χ3v) is 4.69. The van der Waals surface area contributed by atoms with Crippen LogP contribution in [-0.4, -0.2) is 6.54 Å². The van der Waals surface area contributed by atoms with Crippen molar-refractivity contribution in [2.45, 2.75) is 67.2 Å². The molecule has 0 rings (SSSR count). The largest absolute Gasteiger partial charge is 0.330 e. The van der Waals surface area contributed by atoms with Crippen LogP contribution in [0, 0.1) is 29.6 Å². The van der Waals surface area contributed by atoms with Crippen molar-refractivity contribution in [2.75, 3.05) is 6.54 Å². The zero-order valence-electron chi connectivity index (χ0n) is 13.0. The van der Waals surface area contributed by atoms with E-state index in [0.29, 0.717) is 5.92 Å². The van der Waals surface area contributed by atoms with Crippen molar-refractivity contribution in [1.29, 1.82) is 0 Å². The van der Waals surface area contributed by atoms with Crippen LogP contribution in [0.1, 0.15) is 67.2 Å². The topological polar surface area (TPSA) is 26.0 Å². The second kappa shape index (κ2) is 8.97. The van der Waals surface area contributed by atoms with Crippen LogP contribution in [0.3, 0.4) is 0 Å². The molecule has 0 amide bonds. The summed E-state index contributed by atoms with van der Waals surface area (Å²) in [5.74, 6) is 3.96. The Hall–Kier alpha value is -0.0400. The van der Waals surface area contributed by atoms with Crippen LogP contribution in [0.4, 0.5) is 0 Å². The Kier molecular flexibility index (Phi) is 8.94. The number of rotatable bonds is 9. The molecule has 0 saturated carbocycles. The van der Waals surface area contributed by atoms with Gasteiger partial charge in [0.2, 0.25) is 0 Å². The maximum atomic E-state index is 5.96. The highest BCUT2D eigenvalue weighted by Crippen LogP contribution is 2.29. The monoisotopic (exact) mass is 241 g/mol. The van der Waals surface area contributed by atoms with Crippen LogP contribution >= 0.6 is 0 Å². The van der Waals surface area contributed by atoms with Crippen LogP contribution in [-0.2, 0) is 0 Å². The molecule has 104 valence electrons. The van der Waals surface area contributed by atoms with Gasteiger partial charge in [-0.25, -0.2) is 0 Å². The van der Waals surface area contributed by atoms with Crippen molar-refractivity contribution in [1.82, 2.24) is 0 Å². The molecule has 0 spiro atoms. The van der Waals surface area contributed by atoms with E-state index in [9.17, 15) is 0 Å². The standard InChI is InChI=1S/C16H35N/c1-7-15(8-2)9-13(5)10-16(11-17)14(6)12(3)4/h12-16H,7-11,17H2,1-6H3/t13-,14-,16-/m1/s1. The zero-order chi connectivity index (χ0) is 13.4. The first-order chi connectivity index (χ1) is 7.96. The molecule has 0 aliphatic rings. The molecule has 0 aliphatic heterocycles. The van der Waals surface area contributed by atoms with Gasteiger partial charge in [-0.2, -0.15) is 0 Å². The maximum absolute atomic E-state index is 5.96. The van der Waals surface area contributed by atoms with E-state index in [4.69, 9.17) is 5.73 Å². The van der Waals surface area contributed by atoms with E-state index in [1.807, 2.05) is 0 Å². The molecular weight excluding hydrogens is 206 g/mol. The summed E-state index contributed by atoms with van der Waals surface area (Å²) >= 11 is 0. The molecule has 0 bridgehead atoms. The lowest BCUT2D eigenvalue weighted by molar-refractivity contribution is 0.222. The number of hydrogen-bond acceptors (Lipinski definition) is 1. The minimum atomic E-state index is 0.708. The van der Waals surface area contributed by atoms with Gasteiger partial charge in [-0.3, -0.25) is 0 Å². The molecule has 0 saturated heterocycles. The van der Waals surface area contributed by atoms with Gasteiger partial charge in [0.05, 0.1) is 0 Å². The van der Waals surface area contributed by atoms with Crippen molar-refractivity contribution in [3.63, 3.8) is 0 Å². The molecule has 3 atom stereocenters. The smallest absolute Gasteiger partial charge is 0.00461 e. The highest BCUT2D eigenvalue weighted by molar-refractivity contribution is 4.73. The zero-order valence-corrected chi connectivity index (χ0v) is 13.0. The SMILES string of the molecule is CCC(CC)C[C@@H](C)C[C@H](CN)[C@H](C)C(C)C. The Labute approximate surface area is 110 Å². The number of nitrogens with two attached hydrogens (primary N) is 1. The van der Waals surface area contributed by atoms with Crippen LogP contribution in [0.5, 0.6) is 0 Å². The molecule has 0 heterocycles. The lowest BCUT2D eigenvalue weighted by Gasteiger charge is -2.29. The van der Waals surface area contributed by atoms with Gasteiger partial charge in [-0.15, -0.1) is 0 Å². The van der Waals surface area contributed by atoms with Crippen LogP contribution in [0.15, 0.2) is 0 Å². The van der Waals surface area contributed by atoms with Gasteiger partial charge >= 0.3 is 0 Å². The van der Waals surface area contributed by atoms with Crippen molar-refractivity contribution in [3.8, 4) is 0 Å². The predicted octanol–water partition coefficient (Wildman–Crippen LogP) is 4.71. The predicted molar refractivity (Wildman–Crippen MR) is 79.0 cm³/mol. The molecule has 0 aromatic heterocycles. The lowest BCUT2D eigenvalue weighted by Crippen LogP contribution is -2.27. The summed E-state index contributed by atoms with van der Waals surface area (Å²) in [7, 11) is 0. The first-order valence-corrected chi connectivity index (χ1v) is 7.66. The van der Waals surface area contributed by atoms with Crippen molar-refractivity contribution < 1.29 is 0 Å². The molecule has 0 aromatic rings. The van der Waals surface area contributed by atoms with Gasteiger partial charge in [0.15, 0.2) is 0 Å². The van der Waals surface area contributed by atoms with Crippen molar-refractivity contribution in [2.24, 2.45) is 35.3 Å². The van der Waals surface area contributed by atoms with E-state index >= 15 is 0 Å². The molecule has 0 fully saturated rings. The third-order valence-electron chi connectivity index (χ3n) is 4.69. The van der Waals surface area contributed by atoms with Gasteiger partial charge in [0.1, 0.15) is 0 Å². The summed E-state index contributed by atoms with van der Waals surface area (Å²) in [5.41, 5.74) is 5.96. The van der Waals surface area contributed by atoms with Gasteiger partial charge in [-0.05, 0) is 49.0 Å². The van der Waals surface area contributed by atoms with Gasteiger partial charge in [-0.1, -0.05) is 54.4 Å². The Morgan fingerprint density at radius 3 is 1.76 bits per heavy atom. The quantitative estimate of drug-likeness (QED) is 0.622. The van der Waals surface area contributed by atoms with E-state index < -0.39 is 0 Å². The second-order valence-electron chi connectivity index (χ2n) is 6.36. The summed E-state index contributed by atoms with van der Waals surface area (Å²) in [6, 6.07) is 0. The fourth-order valence-electron chi connectivity index (χ4n) is 2.87. The van der Waals surface area contributed by atoms with Crippen molar-refractivity contribution >= 4 is 0 Å². The molecular formula is C16H35N. The minimum absolute atomic E-state index is 0.708. The molecule has 1 heteroatoms. The van der Waals surface area contributed by atoms with E-state index in [1.165, 1.54) is 25.7 Å².